The van der Waals surface area contributed by atoms with Crippen molar-refractivity contribution in [3.8, 4) is 0 Å². The van der Waals surface area contributed by atoms with Gasteiger partial charge in [-0.3, -0.25) is 9.21 Å². The molecule has 0 spiro atoms. The third-order valence-electron chi connectivity index (χ3n) is 4.86. The maximum absolute atomic E-state index is 12.6. The fraction of sp³-hybridized carbons (Fsp3) is 0.333. The monoisotopic (exact) mass is 432 g/mol. The molecule has 1 fully saturated rings. The molecule has 1 aliphatic carbocycles. The first kappa shape index (κ1) is 21.3. The van der Waals surface area contributed by atoms with E-state index in [-0.39, 0.29) is 5.91 Å². The first-order valence-electron chi connectivity index (χ1n) is 9.67. The molecule has 0 atom stereocenters. The highest BCUT2D eigenvalue weighted by atomic mass is 35.5. The molecule has 6 nitrogen and oxygen atoms in total. The van der Waals surface area contributed by atoms with Crippen LogP contribution in [-0.2, 0) is 4.79 Å². The average molecular weight is 433 g/mol. The number of benzene rings is 2. The van der Waals surface area contributed by atoms with Gasteiger partial charge in [0.2, 0.25) is 5.91 Å². The number of hydrogen-bond donors (Lipinski definition) is 3. The Morgan fingerprint density at radius 2 is 1.66 bits per heavy atom. The van der Waals surface area contributed by atoms with Crippen molar-refractivity contribution in [3.05, 3.63) is 48.5 Å². The summed E-state index contributed by atoms with van der Waals surface area (Å²) < 4.78 is 3.00. The zero-order valence-corrected chi connectivity index (χ0v) is 17.9. The Labute approximate surface area is 181 Å². The van der Waals surface area contributed by atoms with Gasteiger partial charge in [-0.2, -0.15) is 0 Å². The second-order valence-corrected chi connectivity index (χ2v) is 7.89. The van der Waals surface area contributed by atoms with Crippen molar-refractivity contribution in [2.75, 3.05) is 19.4 Å². The lowest BCUT2D eigenvalue weighted by Crippen LogP contribution is -2.29. The standard InChI is InChI=1S/C21H25ClN4O2S/c1-15(27)23-16-10-12-19(13-11-16)26(29)21(28)24-17-6-5-9-20(14-17)25(22)18-7-3-2-4-8-18/h5-6,9-14,18,29H,2-4,7-8H2,1H3,(H,23,27)(H,24,28). The molecule has 8 heteroatoms. The van der Waals surface area contributed by atoms with E-state index in [0.717, 1.165) is 18.5 Å². The molecular formula is C21H25ClN4O2S. The van der Waals surface area contributed by atoms with E-state index in [1.54, 1.807) is 28.7 Å². The number of halogens is 1. The number of carbonyl (C=O) groups excluding carboxylic acids is 2. The summed E-state index contributed by atoms with van der Waals surface area (Å²) in [4.78, 5) is 23.7. The molecule has 1 saturated carbocycles. The number of hydrogen-bond acceptors (Lipinski definition) is 4. The zero-order valence-electron chi connectivity index (χ0n) is 16.3. The average Bonchev–Trinajstić information content (AvgIpc) is 2.73. The number of rotatable bonds is 5. The second kappa shape index (κ2) is 9.89. The van der Waals surface area contributed by atoms with Gasteiger partial charge in [-0.15, -0.1) is 0 Å². The van der Waals surface area contributed by atoms with E-state index in [2.05, 4.69) is 23.4 Å². The maximum Gasteiger partial charge on any atom is 0.336 e. The number of nitrogens with zero attached hydrogens (tertiary/aromatic N) is 2. The molecule has 2 aromatic carbocycles. The Morgan fingerprint density at radius 1 is 0.966 bits per heavy atom. The summed E-state index contributed by atoms with van der Waals surface area (Å²) in [7, 11) is 0. The van der Waals surface area contributed by atoms with E-state index in [1.165, 1.54) is 30.5 Å². The Bertz CT molecular complexity index is 856. The molecule has 2 aromatic rings. The lowest BCUT2D eigenvalue weighted by Gasteiger charge is -2.30. The molecule has 0 unspecified atom stereocenters. The number of carbonyl (C=O) groups is 2. The van der Waals surface area contributed by atoms with E-state index in [9.17, 15) is 9.59 Å². The molecule has 0 aromatic heterocycles. The van der Waals surface area contributed by atoms with Crippen LogP contribution < -0.4 is 19.4 Å². The zero-order chi connectivity index (χ0) is 20.8. The van der Waals surface area contributed by atoms with Crippen LogP contribution in [0.3, 0.4) is 0 Å². The molecule has 29 heavy (non-hydrogen) atoms. The number of anilines is 4. The van der Waals surface area contributed by atoms with Crippen molar-refractivity contribution in [2.24, 2.45) is 0 Å². The van der Waals surface area contributed by atoms with E-state index in [4.69, 9.17) is 11.8 Å². The third kappa shape index (κ3) is 5.81. The van der Waals surface area contributed by atoms with E-state index in [0.29, 0.717) is 23.1 Å². The van der Waals surface area contributed by atoms with Crippen LogP contribution in [0.4, 0.5) is 27.5 Å². The lowest BCUT2D eigenvalue weighted by atomic mass is 9.95. The van der Waals surface area contributed by atoms with Crippen molar-refractivity contribution >= 4 is 59.3 Å². The van der Waals surface area contributed by atoms with E-state index in [1.807, 2.05) is 24.3 Å². The van der Waals surface area contributed by atoms with Crippen LogP contribution in [0, 0.1) is 0 Å². The fourth-order valence-corrected chi connectivity index (χ4v) is 3.90. The molecule has 0 saturated heterocycles. The molecule has 0 bridgehead atoms. The van der Waals surface area contributed by atoms with Crippen LogP contribution in [0.2, 0.25) is 0 Å². The minimum absolute atomic E-state index is 0.153. The van der Waals surface area contributed by atoms with Gasteiger partial charge in [0.05, 0.1) is 11.4 Å². The van der Waals surface area contributed by atoms with Gasteiger partial charge in [0.1, 0.15) is 0 Å². The highest BCUT2D eigenvalue weighted by Gasteiger charge is 2.21. The van der Waals surface area contributed by atoms with Gasteiger partial charge in [0.25, 0.3) is 0 Å². The highest BCUT2D eigenvalue weighted by molar-refractivity contribution is 7.82. The van der Waals surface area contributed by atoms with Crippen LogP contribution in [-0.4, -0.2) is 18.0 Å². The number of amides is 3. The second-order valence-electron chi connectivity index (χ2n) is 7.12. The molecule has 154 valence electrons. The van der Waals surface area contributed by atoms with E-state index >= 15 is 0 Å². The summed E-state index contributed by atoms with van der Waals surface area (Å²) >= 11 is 10.9. The van der Waals surface area contributed by atoms with Gasteiger partial charge in [-0.05, 0) is 55.3 Å². The van der Waals surface area contributed by atoms with Crippen molar-refractivity contribution in [1.29, 1.82) is 0 Å². The number of thiol groups is 1. The van der Waals surface area contributed by atoms with Gasteiger partial charge >= 0.3 is 6.03 Å². The minimum atomic E-state index is -0.392. The number of nitrogens with one attached hydrogen (secondary N) is 2. The summed E-state index contributed by atoms with van der Waals surface area (Å²) in [6.45, 7) is 1.44. The van der Waals surface area contributed by atoms with E-state index < -0.39 is 6.03 Å². The normalized spacial score (nSPS) is 14.2. The maximum atomic E-state index is 12.6. The molecule has 1 aliphatic rings. The van der Waals surface area contributed by atoms with Crippen molar-refractivity contribution in [1.82, 2.24) is 0 Å². The molecule has 0 radical (unpaired) electrons. The van der Waals surface area contributed by atoms with Crippen LogP contribution >= 0.6 is 24.6 Å². The Balaban J connectivity index is 1.64. The molecular weight excluding hydrogens is 408 g/mol. The van der Waals surface area contributed by atoms with Crippen molar-refractivity contribution in [2.45, 2.75) is 45.1 Å². The summed E-state index contributed by atoms with van der Waals surface area (Å²) in [5.74, 6) is -0.153. The smallest absolute Gasteiger partial charge is 0.326 e. The van der Waals surface area contributed by atoms with Gasteiger partial charge in [-0.1, -0.05) is 38.1 Å². The minimum Gasteiger partial charge on any atom is -0.326 e. The van der Waals surface area contributed by atoms with Crippen molar-refractivity contribution < 1.29 is 9.59 Å². The van der Waals surface area contributed by atoms with Gasteiger partial charge in [0.15, 0.2) is 0 Å². The van der Waals surface area contributed by atoms with Gasteiger partial charge < -0.3 is 10.6 Å². The first-order valence-corrected chi connectivity index (χ1v) is 10.4. The van der Waals surface area contributed by atoms with Gasteiger partial charge in [-0.25, -0.2) is 9.10 Å². The fourth-order valence-electron chi connectivity index (χ4n) is 3.42. The largest absolute Gasteiger partial charge is 0.336 e. The predicted octanol–water partition coefficient (Wildman–Crippen LogP) is 5.82. The lowest BCUT2D eigenvalue weighted by molar-refractivity contribution is -0.114. The quantitative estimate of drug-likeness (QED) is 0.412. The molecule has 0 aliphatic heterocycles. The highest BCUT2D eigenvalue weighted by Crippen LogP contribution is 2.30. The molecule has 0 heterocycles. The van der Waals surface area contributed by atoms with Crippen LogP contribution in [0.1, 0.15) is 39.0 Å². The van der Waals surface area contributed by atoms with Crippen LogP contribution in [0.25, 0.3) is 0 Å². The topological polar surface area (TPSA) is 64.7 Å². The number of urea groups is 1. The Morgan fingerprint density at radius 3 is 2.31 bits per heavy atom. The Kier molecular flexibility index (Phi) is 7.28. The summed E-state index contributed by atoms with van der Waals surface area (Å²) in [6, 6.07) is 14.2. The Hall–Kier alpha value is -2.38. The molecule has 2 N–H and O–H groups in total. The molecule has 3 rings (SSSR count). The van der Waals surface area contributed by atoms with Crippen LogP contribution in [0.5, 0.6) is 0 Å². The summed E-state index contributed by atoms with van der Waals surface area (Å²) in [5, 5.41) is 5.52. The summed E-state index contributed by atoms with van der Waals surface area (Å²) in [5.41, 5.74) is 2.74. The molecule has 3 amide bonds. The SMILES string of the molecule is CC(=O)Nc1ccc(N(S)C(=O)Nc2cccc(N(Cl)C3CCCCC3)c2)cc1. The summed E-state index contributed by atoms with van der Waals surface area (Å²) in [6.07, 6.45) is 5.82. The van der Waals surface area contributed by atoms with Crippen molar-refractivity contribution in [3.63, 3.8) is 0 Å². The van der Waals surface area contributed by atoms with Crippen LogP contribution in [0.15, 0.2) is 48.5 Å². The predicted molar refractivity (Wildman–Crippen MR) is 123 cm³/mol. The third-order valence-corrected chi connectivity index (χ3v) is 5.75. The first-order chi connectivity index (χ1) is 13.9. The van der Waals surface area contributed by atoms with Gasteiger partial charge in [0, 0.05) is 36.1 Å².